The Morgan fingerprint density at radius 3 is 1.44 bits per heavy atom. The van der Waals surface area contributed by atoms with Gasteiger partial charge in [-0.2, -0.15) is 25.3 Å². The first-order chi connectivity index (χ1) is 8.63. The second-order valence-electron chi connectivity index (χ2n) is 4.06. The van der Waals surface area contributed by atoms with E-state index in [1.54, 1.807) is 0 Å². The number of nitrogens with zero attached hydrogens (tertiary/aromatic N) is 2. The maximum absolute atomic E-state index is 11.9. The minimum Gasteiger partial charge on any atom is -0.263 e. The van der Waals surface area contributed by atoms with E-state index < -0.39 is 17.8 Å². The fourth-order valence-corrected chi connectivity index (χ4v) is 2.16. The van der Waals surface area contributed by atoms with Crippen molar-refractivity contribution in [3.05, 3.63) is 0 Å². The van der Waals surface area contributed by atoms with Crippen LogP contribution in [0.25, 0.3) is 0 Å². The summed E-state index contributed by atoms with van der Waals surface area (Å²) in [7, 11) is 0. The van der Waals surface area contributed by atoms with Gasteiger partial charge in [0.25, 0.3) is 0 Å². The molecule has 1 saturated heterocycles. The van der Waals surface area contributed by atoms with Crippen LogP contribution in [0.2, 0.25) is 0 Å². The van der Waals surface area contributed by atoms with Gasteiger partial charge in [0.05, 0.1) is 0 Å². The number of carbonyl (C=O) groups excluding carboxylic acids is 3. The van der Waals surface area contributed by atoms with Crippen LogP contribution in [0.5, 0.6) is 0 Å². The van der Waals surface area contributed by atoms with Crippen LogP contribution in [-0.4, -0.2) is 52.2 Å². The molecule has 0 saturated carbocycles. The standard InChI is InChI=1S/C11H18N2O3S2/c14-9-10(15)13(6-2-4-8-18)11(16)12(9)5-1-3-7-17/h17-18H,1-8H2. The minimum atomic E-state index is -0.704. The van der Waals surface area contributed by atoms with E-state index in [0.717, 1.165) is 22.6 Å². The van der Waals surface area contributed by atoms with Gasteiger partial charge in [-0.15, -0.1) is 0 Å². The van der Waals surface area contributed by atoms with Gasteiger partial charge in [-0.3, -0.25) is 19.4 Å². The number of urea groups is 1. The molecule has 0 aromatic carbocycles. The van der Waals surface area contributed by atoms with Crippen LogP contribution in [-0.2, 0) is 9.59 Å². The fourth-order valence-electron chi connectivity index (χ4n) is 1.71. The summed E-state index contributed by atoms with van der Waals surface area (Å²) < 4.78 is 0. The Balaban J connectivity index is 2.54. The van der Waals surface area contributed by atoms with Gasteiger partial charge in [0.1, 0.15) is 0 Å². The van der Waals surface area contributed by atoms with Crippen molar-refractivity contribution in [2.24, 2.45) is 0 Å². The minimum absolute atomic E-state index is 0.299. The molecule has 1 fully saturated rings. The summed E-state index contributed by atoms with van der Waals surface area (Å²) in [6, 6.07) is -0.483. The molecule has 0 bridgehead atoms. The fraction of sp³-hybridized carbons (Fsp3) is 0.727. The highest BCUT2D eigenvalue weighted by Gasteiger charge is 2.43. The second-order valence-corrected chi connectivity index (χ2v) is 4.95. The summed E-state index contributed by atoms with van der Waals surface area (Å²) in [5.41, 5.74) is 0. The monoisotopic (exact) mass is 290 g/mol. The Morgan fingerprint density at radius 1 is 0.722 bits per heavy atom. The molecule has 1 heterocycles. The number of rotatable bonds is 8. The highest BCUT2D eigenvalue weighted by atomic mass is 32.1. The third-order valence-electron chi connectivity index (χ3n) is 2.71. The lowest BCUT2D eigenvalue weighted by molar-refractivity contribution is -0.143. The summed E-state index contributed by atoms with van der Waals surface area (Å²) in [6.07, 6.45) is 2.99. The Bertz CT molecular complexity index is 306. The van der Waals surface area contributed by atoms with Crippen LogP contribution < -0.4 is 0 Å². The van der Waals surface area contributed by atoms with Crippen LogP contribution >= 0.6 is 25.3 Å². The van der Waals surface area contributed by atoms with Gasteiger partial charge in [-0.1, -0.05) is 0 Å². The molecule has 0 radical (unpaired) electrons. The largest absolute Gasteiger partial charge is 0.334 e. The summed E-state index contributed by atoms with van der Waals surface area (Å²) in [4.78, 5) is 37.2. The van der Waals surface area contributed by atoms with Crippen LogP contribution in [0.4, 0.5) is 4.79 Å². The molecule has 0 aromatic heterocycles. The van der Waals surface area contributed by atoms with E-state index in [0.29, 0.717) is 37.4 Å². The zero-order valence-electron chi connectivity index (χ0n) is 10.2. The molecule has 4 amide bonds. The van der Waals surface area contributed by atoms with Crippen molar-refractivity contribution in [1.82, 2.24) is 9.80 Å². The van der Waals surface area contributed by atoms with E-state index in [4.69, 9.17) is 0 Å². The van der Waals surface area contributed by atoms with Gasteiger partial charge in [0.2, 0.25) is 0 Å². The zero-order chi connectivity index (χ0) is 13.5. The molecule has 5 nitrogen and oxygen atoms in total. The van der Waals surface area contributed by atoms with Gasteiger partial charge in [0, 0.05) is 13.1 Å². The van der Waals surface area contributed by atoms with Crippen molar-refractivity contribution < 1.29 is 14.4 Å². The summed E-state index contributed by atoms with van der Waals surface area (Å²) in [5, 5.41) is 0. The first-order valence-corrected chi connectivity index (χ1v) is 7.29. The predicted molar refractivity (Wildman–Crippen MR) is 75.0 cm³/mol. The van der Waals surface area contributed by atoms with E-state index in [1.807, 2.05) is 0 Å². The smallest absolute Gasteiger partial charge is 0.263 e. The van der Waals surface area contributed by atoms with Gasteiger partial charge < -0.3 is 0 Å². The molecule has 1 aliphatic rings. The number of amides is 4. The van der Waals surface area contributed by atoms with Crippen molar-refractivity contribution in [1.29, 1.82) is 0 Å². The van der Waals surface area contributed by atoms with E-state index >= 15 is 0 Å². The lowest BCUT2D eigenvalue weighted by atomic mass is 10.3. The molecule has 1 rings (SSSR count). The van der Waals surface area contributed by atoms with E-state index in [2.05, 4.69) is 25.3 Å². The topological polar surface area (TPSA) is 57.7 Å². The molecular weight excluding hydrogens is 272 g/mol. The molecule has 0 unspecified atom stereocenters. The molecule has 0 aliphatic carbocycles. The Labute approximate surface area is 118 Å². The third-order valence-corrected chi connectivity index (χ3v) is 3.35. The van der Waals surface area contributed by atoms with E-state index in [-0.39, 0.29) is 0 Å². The second kappa shape index (κ2) is 7.68. The highest BCUT2D eigenvalue weighted by molar-refractivity contribution is 7.80. The predicted octanol–water partition coefficient (Wildman–Crippen LogP) is 1.20. The average molecular weight is 290 g/mol. The van der Waals surface area contributed by atoms with E-state index in [9.17, 15) is 14.4 Å². The first kappa shape index (κ1) is 15.4. The normalized spacial score (nSPS) is 16.0. The Morgan fingerprint density at radius 2 is 1.11 bits per heavy atom. The van der Waals surface area contributed by atoms with Crippen molar-refractivity contribution >= 4 is 43.1 Å². The number of unbranched alkanes of at least 4 members (excludes halogenated alkanes) is 2. The maximum atomic E-state index is 11.9. The maximum Gasteiger partial charge on any atom is 0.334 e. The lowest BCUT2D eigenvalue weighted by Crippen LogP contribution is -2.34. The molecule has 0 aromatic rings. The number of hydrogen-bond donors (Lipinski definition) is 2. The average Bonchev–Trinajstić information content (AvgIpc) is 2.56. The van der Waals surface area contributed by atoms with Gasteiger partial charge in [-0.05, 0) is 37.2 Å². The van der Waals surface area contributed by atoms with Gasteiger partial charge >= 0.3 is 17.8 Å². The van der Waals surface area contributed by atoms with Gasteiger partial charge in [0.15, 0.2) is 0 Å². The van der Waals surface area contributed by atoms with Crippen molar-refractivity contribution in [2.75, 3.05) is 24.6 Å². The number of imide groups is 2. The van der Waals surface area contributed by atoms with Crippen molar-refractivity contribution in [3.8, 4) is 0 Å². The highest BCUT2D eigenvalue weighted by Crippen LogP contribution is 2.14. The molecule has 102 valence electrons. The first-order valence-electron chi connectivity index (χ1n) is 6.02. The molecule has 18 heavy (non-hydrogen) atoms. The van der Waals surface area contributed by atoms with Gasteiger partial charge in [-0.25, -0.2) is 4.79 Å². The molecule has 0 spiro atoms. The summed E-state index contributed by atoms with van der Waals surface area (Å²) >= 11 is 8.12. The quantitative estimate of drug-likeness (QED) is 0.306. The van der Waals surface area contributed by atoms with Crippen LogP contribution in [0.1, 0.15) is 25.7 Å². The Hall–Kier alpha value is -0.690. The van der Waals surface area contributed by atoms with Crippen LogP contribution in [0.3, 0.4) is 0 Å². The molecular formula is C11H18N2O3S2. The van der Waals surface area contributed by atoms with Crippen molar-refractivity contribution in [2.45, 2.75) is 25.7 Å². The van der Waals surface area contributed by atoms with Crippen LogP contribution in [0.15, 0.2) is 0 Å². The summed E-state index contributed by atoms with van der Waals surface area (Å²) in [6.45, 7) is 0.597. The SMILES string of the molecule is O=C1C(=O)N(CCCCS)C(=O)N1CCCCS. The summed E-state index contributed by atoms with van der Waals surface area (Å²) in [5.74, 6) is 0.00105. The molecule has 0 atom stereocenters. The molecule has 7 heteroatoms. The Kier molecular flexibility index (Phi) is 6.56. The number of carbonyl (C=O) groups is 3. The number of thiol groups is 2. The van der Waals surface area contributed by atoms with E-state index in [1.165, 1.54) is 0 Å². The molecule has 0 N–H and O–H groups in total. The van der Waals surface area contributed by atoms with Crippen molar-refractivity contribution in [3.63, 3.8) is 0 Å². The molecule has 1 aliphatic heterocycles. The number of hydrogen-bond acceptors (Lipinski definition) is 5. The zero-order valence-corrected chi connectivity index (χ0v) is 12.0. The van der Waals surface area contributed by atoms with Crippen LogP contribution in [0, 0.1) is 0 Å². The third kappa shape index (κ3) is 3.65. The lowest BCUT2D eigenvalue weighted by Gasteiger charge is -2.14.